The number of primary amides is 1. The fraction of sp³-hybridized carbons (Fsp3) is 0.381. The minimum Gasteiger partial charge on any atom is -0.368 e. The molecule has 0 bridgehead atoms. The molecule has 1 fully saturated rings. The van der Waals surface area contributed by atoms with Crippen molar-refractivity contribution in [2.75, 3.05) is 6.61 Å². The Balaban J connectivity index is 1.87. The fourth-order valence-corrected chi connectivity index (χ4v) is 3.36. The Morgan fingerprint density at radius 1 is 1.08 bits per heavy atom. The molecular weight excluding hydrogens is 328 g/mol. The van der Waals surface area contributed by atoms with Crippen molar-refractivity contribution in [3.05, 3.63) is 71.8 Å². The predicted molar refractivity (Wildman–Crippen MR) is 100 cm³/mol. The fourth-order valence-electron chi connectivity index (χ4n) is 3.36. The van der Waals surface area contributed by atoms with E-state index in [-0.39, 0.29) is 0 Å². The van der Waals surface area contributed by atoms with Gasteiger partial charge in [0.25, 0.3) is 0 Å². The molecule has 5 heteroatoms. The molecule has 1 saturated heterocycles. The molecule has 0 unspecified atom stereocenters. The van der Waals surface area contributed by atoms with Crippen molar-refractivity contribution in [1.29, 1.82) is 0 Å². The molecule has 5 nitrogen and oxygen atoms in total. The van der Waals surface area contributed by atoms with Gasteiger partial charge in [0.15, 0.2) is 5.79 Å². The molecule has 3 rings (SSSR count). The summed E-state index contributed by atoms with van der Waals surface area (Å²) >= 11 is 0. The van der Waals surface area contributed by atoms with E-state index in [0.717, 1.165) is 11.1 Å². The molecule has 2 aromatic carbocycles. The first kappa shape index (κ1) is 18.6. The molecule has 0 saturated carbocycles. The van der Waals surface area contributed by atoms with Gasteiger partial charge in [-0.2, -0.15) is 0 Å². The summed E-state index contributed by atoms with van der Waals surface area (Å²) in [6, 6.07) is 19.6. The Morgan fingerprint density at radius 3 is 1.96 bits per heavy atom. The Kier molecular flexibility index (Phi) is 5.71. The molecule has 1 heterocycles. The number of hydrogen-bond acceptors (Lipinski definition) is 4. The van der Waals surface area contributed by atoms with Gasteiger partial charge in [0, 0.05) is 13.1 Å². The lowest BCUT2D eigenvalue weighted by Crippen LogP contribution is -2.52. The van der Waals surface area contributed by atoms with Crippen molar-refractivity contribution in [2.24, 2.45) is 5.73 Å². The van der Waals surface area contributed by atoms with E-state index in [1.165, 1.54) is 0 Å². The SMILES string of the molecule is CC1(C)OC[C@H]([C@H](C(N)=O)N(Cc2ccccc2)Cc2ccccc2)O1. The van der Waals surface area contributed by atoms with Gasteiger partial charge >= 0.3 is 0 Å². The van der Waals surface area contributed by atoms with Gasteiger partial charge in [0.1, 0.15) is 12.1 Å². The lowest BCUT2D eigenvalue weighted by atomic mass is 10.1. The number of ether oxygens (including phenoxy) is 2. The Labute approximate surface area is 154 Å². The van der Waals surface area contributed by atoms with E-state index in [9.17, 15) is 4.79 Å². The zero-order chi connectivity index (χ0) is 18.6. The summed E-state index contributed by atoms with van der Waals surface area (Å²) in [5.74, 6) is -1.10. The molecule has 138 valence electrons. The first-order valence-corrected chi connectivity index (χ1v) is 8.87. The smallest absolute Gasteiger partial charge is 0.237 e. The maximum absolute atomic E-state index is 12.4. The van der Waals surface area contributed by atoms with Gasteiger partial charge in [-0.25, -0.2) is 0 Å². The first-order chi connectivity index (χ1) is 12.4. The second-order valence-corrected chi connectivity index (χ2v) is 7.09. The zero-order valence-corrected chi connectivity index (χ0v) is 15.3. The molecular formula is C21H26N2O3. The van der Waals surface area contributed by atoms with Crippen molar-refractivity contribution in [1.82, 2.24) is 4.90 Å². The number of benzene rings is 2. The van der Waals surface area contributed by atoms with Crippen LogP contribution in [0.3, 0.4) is 0 Å². The maximum atomic E-state index is 12.4. The summed E-state index contributed by atoms with van der Waals surface area (Å²) in [5, 5.41) is 0. The second-order valence-electron chi connectivity index (χ2n) is 7.09. The normalized spacial score (nSPS) is 20.2. The van der Waals surface area contributed by atoms with E-state index < -0.39 is 23.8 Å². The van der Waals surface area contributed by atoms with Gasteiger partial charge in [0.2, 0.25) is 5.91 Å². The average molecular weight is 354 g/mol. The van der Waals surface area contributed by atoms with Crippen LogP contribution in [-0.2, 0) is 27.4 Å². The van der Waals surface area contributed by atoms with E-state index in [4.69, 9.17) is 15.2 Å². The van der Waals surface area contributed by atoms with Crippen molar-refractivity contribution in [2.45, 2.75) is 44.9 Å². The van der Waals surface area contributed by atoms with E-state index in [2.05, 4.69) is 4.90 Å². The third-order valence-electron chi connectivity index (χ3n) is 4.52. The van der Waals surface area contributed by atoms with Crippen LogP contribution in [-0.4, -0.2) is 35.3 Å². The minimum absolute atomic E-state index is 0.348. The summed E-state index contributed by atoms with van der Waals surface area (Å²) in [7, 11) is 0. The summed E-state index contributed by atoms with van der Waals surface area (Å²) in [4.78, 5) is 14.4. The highest BCUT2D eigenvalue weighted by Gasteiger charge is 2.42. The van der Waals surface area contributed by atoms with Crippen molar-refractivity contribution in [3.8, 4) is 0 Å². The highest BCUT2D eigenvalue weighted by molar-refractivity contribution is 5.80. The van der Waals surface area contributed by atoms with Crippen LogP contribution in [0.15, 0.2) is 60.7 Å². The van der Waals surface area contributed by atoms with Crippen LogP contribution in [0, 0.1) is 0 Å². The molecule has 1 aliphatic rings. The van der Waals surface area contributed by atoms with Gasteiger partial charge < -0.3 is 15.2 Å². The Bertz CT molecular complexity index is 677. The minimum atomic E-state index is -0.705. The summed E-state index contributed by atoms with van der Waals surface area (Å²) in [5.41, 5.74) is 8.03. The monoisotopic (exact) mass is 354 g/mol. The highest BCUT2D eigenvalue weighted by atomic mass is 16.7. The second kappa shape index (κ2) is 7.99. The van der Waals surface area contributed by atoms with Gasteiger partial charge in [-0.15, -0.1) is 0 Å². The van der Waals surface area contributed by atoms with E-state index in [0.29, 0.717) is 19.7 Å². The Hall–Kier alpha value is -2.21. The maximum Gasteiger partial charge on any atom is 0.237 e. The predicted octanol–water partition coefficient (Wildman–Crippen LogP) is 2.69. The lowest BCUT2D eigenvalue weighted by Gasteiger charge is -2.33. The summed E-state index contributed by atoms with van der Waals surface area (Å²) in [6.07, 6.45) is -0.394. The molecule has 2 atom stereocenters. The molecule has 0 aliphatic carbocycles. The number of nitrogens with zero attached hydrogens (tertiary/aromatic N) is 1. The molecule has 0 radical (unpaired) electrons. The number of amides is 1. The van der Waals surface area contributed by atoms with Gasteiger partial charge in [-0.1, -0.05) is 60.7 Å². The van der Waals surface area contributed by atoms with Gasteiger partial charge in [-0.05, 0) is 25.0 Å². The van der Waals surface area contributed by atoms with Crippen LogP contribution in [0.4, 0.5) is 0 Å². The number of carbonyl (C=O) groups is 1. The number of nitrogens with two attached hydrogens (primary N) is 1. The Morgan fingerprint density at radius 2 is 1.58 bits per heavy atom. The van der Waals surface area contributed by atoms with Crippen LogP contribution in [0.1, 0.15) is 25.0 Å². The average Bonchev–Trinajstić information content (AvgIpc) is 2.96. The zero-order valence-electron chi connectivity index (χ0n) is 15.3. The number of rotatable bonds is 7. The van der Waals surface area contributed by atoms with Gasteiger partial charge in [0.05, 0.1) is 6.61 Å². The largest absolute Gasteiger partial charge is 0.368 e. The van der Waals surface area contributed by atoms with Crippen LogP contribution in [0.2, 0.25) is 0 Å². The lowest BCUT2D eigenvalue weighted by molar-refractivity contribution is -0.153. The third kappa shape index (κ3) is 4.69. The molecule has 1 aliphatic heterocycles. The number of carbonyl (C=O) groups excluding carboxylic acids is 1. The van der Waals surface area contributed by atoms with Crippen LogP contribution in [0.5, 0.6) is 0 Å². The standard InChI is InChI=1S/C21H26N2O3/c1-21(2)25-15-18(26-21)19(20(22)24)23(13-16-9-5-3-6-10-16)14-17-11-7-4-8-12-17/h3-12,18-19H,13-15H2,1-2H3,(H2,22,24)/t18-,19-/m1/s1. The molecule has 0 spiro atoms. The van der Waals surface area contributed by atoms with E-state index in [1.807, 2.05) is 74.5 Å². The van der Waals surface area contributed by atoms with Crippen LogP contribution >= 0.6 is 0 Å². The molecule has 1 amide bonds. The summed E-state index contributed by atoms with van der Waals surface area (Å²) in [6.45, 7) is 5.25. The van der Waals surface area contributed by atoms with Crippen LogP contribution < -0.4 is 5.73 Å². The van der Waals surface area contributed by atoms with E-state index >= 15 is 0 Å². The first-order valence-electron chi connectivity index (χ1n) is 8.87. The molecule has 26 heavy (non-hydrogen) atoms. The quantitative estimate of drug-likeness (QED) is 0.830. The highest BCUT2D eigenvalue weighted by Crippen LogP contribution is 2.27. The van der Waals surface area contributed by atoms with Crippen molar-refractivity contribution >= 4 is 5.91 Å². The molecule has 0 aromatic heterocycles. The van der Waals surface area contributed by atoms with E-state index in [1.54, 1.807) is 0 Å². The van der Waals surface area contributed by atoms with Gasteiger partial charge in [-0.3, -0.25) is 9.69 Å². The number of hydrogen-bond donors (Lipinski definition) is 1. The molecule has 2 N–H and O–H groups in total. The van der Waals surface area contributed by atoms with Crippen molar-refractivity contribution < 1.29 is 14.3 Å². The topological polar surface area (TPSA) is 64.8 Å². The third-order valence-corrected chi connectivity index (χ3v) is 4.52. The van der Waals surface area contributed by atoms with Crippen molar-refractivity contribution in [3.63, 3.8) is 0 Å². The summed E-state index contributed by atoms with van der Waals surface area (Å²) < 4.78 is 11.6. The van der Waals surface area contributed by atoms with Crippen LogP contribution in [0.25, 0.3) is 0 Å². The molecule has 2 aromatic rings.